The Morgan fingerprint density at radius 3 is 2.67 bits per heavy atom. The largest absolute Gasteiger partial charge is 0.381 e. The van der Waals surface area contributed by atoms with Gasteiger partial charge in [-0.15, -0.1) is 36.3 Å². The summed E-state index contributed by atoms with van der Waals surface area (Å²) >= 11 is 0. The van der Waals surface area contributed by atoms with Gasteiger partial charge in [-0.1, -0.05) is 13.8 Å². The fourth-order valence-electron chi connectivity index (χ4n) is 2.14. The van der Waals surface area contributed by atoms with E-state index in [1.54, 1.807) is 14.2 Å². The molecule has 18 heavy (non-hydrogen) atoms. The average molecular weight is 365 g/mol. The predicted molar refractivity (Wildman–Crippen MR) is 86.3 cm³/mol. The summed E-state index contributed by atoms with van der Waals surface area (Å²) in [5.41, 5.74) is 0.137. The van der Waals surface area contributed by atoms with Gasteiger partial charge in [0.05, 0.1) is 6.10 Å². The Labute approximate surface area is 127 Å². The Morgan fingerprint density at radius 1 is 1.56 bits per heavy atom. The zero-order valence-electron chi connectivity index (χ0n) is 11.6. The summed E-state index contributed by atoms with van der Waals surface area (Å²) in [5, 5.41) is 6.60. The highest BCUT2D eigenvalue weighted by Gasteiger charge is 2.48. The highest BCUT2D eigenvalue weighted by atomic mass is 127. The van der Waals surface area contributed by atoms with Crippen LogP contribution in [0.3, 0.4) is 0 Å². The lowest BCUT2D eigenvalue weighted by molar-refractivity contribution is -0.0922. The smallest absolute Gasteiger partial charge is 0.191 e. The lowest BCUT2D eigenvalue weighted by Gasteiger charge is -2.51. The summed E-state index contributed by atoms with van der Waals surface area (Å²) in [6.45, 7) is 5.16. The Morgan fingerprint density at radius 2 is 2.22 bits per heavy atom. The van der Waals surface area contributed by atoms with Crippen LogP contribution in [0.4, 0.5) is 0 Å². The van der Waals surface area contributed by atoms with E-state index in [9.17, 15) is 0 Å². The molecule has 0 aromatic rings. The third-order valence-corrected chi connectivity index (χ3v) is 3.56. The number of halogens is 1. The molecule has 1 rings (SSSR count). The van der Waals surface area contributed by atoms with Gasteiger partial charge in [0.1, 0.15) is 0 Å². The number of ether oxygens (including phenoxy) is 1. The van der Waals surface area contributed by atoms with Crippen molar-refractivity contribution in [3.8, 4) is 12.3 Å². The van der Waals surface area contributed by atoms with Gasteiger partial charge < -0.3 is 15.4 Å². The first kappa shape index (κ1) is 17.5. The minimum Gasteiger partial charge on any atom is -0.381 e. The molecule has 0 heterocycles. The number of nitrogens with zero attached hydrogens (tertiary/aromatic N) is 1. The van der Waals surface area contributed by atoms with E-state index in [4.69, 9.17) is 11.2 Å². The lowest BCUT2D eigenvalue weighted by atomic mass is 9.64. The molecule has 1 saturated carbocycles. The normalized spacial score (nSPS) is 25.4. The zero-order valence-corrected chi connectivity index (χ0v) is 13.9. The Balaban J connectivity index is 0.00000289. The van der Waals surface area contributed by atoms with E-state index < -0.39 is 0 Å². The van der Waals surface area contributed by atoms with Crippen LogP contribution in [0, 0.1) is 17.8 Å². The van der Waals surface area contributed by atoms with Gasteiger partial charge in [0.2, 0.25) is 0 Å². The van der Waals surface area contributed by atoms with Crippen LogP contribution in [0.15, 0.2) is 4.99 Å². The molecule has 0 aliphatic heterocycles. The Bertz CT molecular complexity index is 323. The molecule has 0 aromatic carbocycles. The molecule has 5 heteroatoms. The summed E-state index contributed by atoms with van der Waals surface area (Å²) in [5.74, 6) is 3.41. The van der Waals surface area contributed by atoms with Crippen LogP contribution in [0.2, 0.25) is 0 Å². The van der Waals surface area contributed by atoms with Crippen molar-refractivity contribution in [1.29, 1.82) is 0 Å². The van der Waals surface area contributed by atoms with E-state index in [-0.39, 0.29) is 29.4 Å². The highest BCUT2D eigenvalue weighted by Crippen LogP contribution is 2.42. The molecule has 2 unspecified atom stereocenters. The van der Waals surface area contributed by atoms with Crippen LogP contribution < -0.4 is 10.6 Å². The number of rotatable bonds is 4. The van der Waals surface area contributed by atoms with Crippen molar-refractivity contribution in [3.63, 3.8) is 0 Å². The second-order valence-corrected chi connectivity index (χ2v) is 4.93. The topological polar surface area (TPSA) is 45.7 Å². The molecule has 0 spiro atoms. The molecule has 0 saturated heterocycles. The highest BCUT2D eigenvalue weighted by molar-refractivity contribution is 14.0. The average Bonchev–Trinajstić information content (AvgIpc) is 2.31. The van der Waals surface area contributed by atoms with Crippen molar-refractivity contribution >= 4 is 29.9 Å². The van der Waals surface area contributed by atoms with Gasteiger partial charge in [0.15, 0.2) is 5.96 Å². The fourth-order valence-corrected chi connectivity index (χ4v) is 2.14. The van der Waals surface area contributed by atoms with Gasteiger partial charge in [0.25, 0.3) is 0 Å². The van der Waals surface area contributed by atoms with Gasteiger partial charge in [-0.25, -0.2) is 0 Å². The van der Waals surface area contributed by atoms with Crippen LogP contribution in [0.5, 0.6) is 0 Å². The van der Waals surface area contributed by atoms with Crippen LogP contribution in [0.25, 0.3) is 0 Å². The molecule has 0 amide bonds. The lowest BCUT2D eigenvalue weighted by Crippen LogP contribution is -2.63. The van der Waals surface area contributed by atoms with Gasteiger partial charge >= 0.3 is 0 Å². The zero-order chi connectivity index (χ0) is 12.9. The maximum absolute atomic E-state index is 5.42. The van der Waals surface area contributed by atoms with Crippen LogP contribution in [-0.2, 0) is 4.74 Å². The minimum absolute atomic E-state index is 0. The number of nitrogens with one attached hydrogen (secondary N) is 2. The summed E-state index contributed by atoms with van der Waals surface area (Å²) < 4.78 is 5.42. The van der Waals surface area contributed by atoms with Crippen LogP contribution in [0.1, 0.15) is 26.7 Å². The van der Waals surface area contributed by atoms with E-state index in [0.717, 1.165) is 18.9 Å². The van der Waals surface area contributed by atoms with Crippen molar-refractivity contribution in [3.05, 3.63) is 0 Å². The van der Waals surface area contributed by atoms with E-state index in [1.807, 2.05) is 0 Å². The Hall–Kier alpha value is -0.480. The maximum Gasteiger partial charge on any atom is 0.191 e. The molecule has 4 nitrogen and oxygen atoms in total. The number of guanidine groups is 1. The van der Waals surface area contributed by atoms with Gasteiger partial charge in [-0.05, 0) is 6.42 Å². The fraction of sp³-hybridized carbons (Fsp3) is 0.769. The molecule has 0 aromatic heterocycles. The van der Waals surface area contributed by atoms with E-state index in [1.165, 1.54) is 0 Å². The molecule has 104 valence electrons. The molecule has 2 N–H and O–H groups in total. The molecule has 1 aliphatic carbocycles. The number of methoxy groups -OCH3 is 1. The number of aliphatic imine (C=N–C) groups is 1. The molecule has 2 atom stereocenters. The third kappa shape index (κ3) is 4.02. The van der Waals surface area contributed by atoms with Crippen LogP contribution in [-0.4, -0.2) is 38.8 Å². The maximum atomic E-state index is 5.42. The monoisotopic (exact) mass is 365 g/mol. The standard InChI is InChI=1S/C13H23N3O.HI/c1-6-7-8-15-12(14-4)16-10-9-11(17-5)13(10,2)3;/h1,10-11H,7-9H2,2-5H3,(H2,14,15,16);1H. The first-order valence-electron chi connectivity index (χ1n) is 5.99. The van der Waals surface area contributed by atoms with Crippen LogP contribution >= 0.6 is 24.0 Å². The molecule has 1 fully saturated rings. The van der Waals surface area contributed by atoms with E-state index >= 15 is 0 Å². The summed E-state index contributed by atoms with van der Waals surface area (Å²) in [4.78, 5) is 4.18. The minimum atomic E-state index is 0. The van der Waals surface area contributed by atoms with E-state index in [0.29, 0.717) is 18.6 Å². The first-order chi connectivity index (χ1) is 8.06. The molecule has 0 bridgehead atoms. The molecular weight excluding hydrogens is 341 g/mol. The summed E-state index contributed by atoms with van der Waals surface area (Å²) in [6.07, 6.45) is 7.25. The Kier molecular flexibility index (Phi) is 7.64. The molecular formula is C13H24IN3O. The number of hydrogen-bond donors (Lipinski definition) is 2. The van der Waals surface area contributed by atoms with Gasteiger partial charge in [-0.3, -0.25) is 4.99 Å². The second-order valence-electron chi connectivity index (χ2n) is 4.93. The quantitative estimate of drug-likeness (QED) is 0.262. The predicted octanol–water partition coefficient (Wildman–Crippen LogP) is 1.61. The SMILES string of the molecule is C#CCCNC(=NC)NC1CC(OC)C1(C)C.I. The van der Waals surface area contributed by atoms with E-state index in [2.05, 4.69) is 35.4 Å². The number of hydrogen-bond acceptors (Lipinski definition) is 2. The first-order valence-corrected chi connectivity index (χ1v) is 5.99. The third-order valence-electron chi connectivity index (χ3n) is 3.56. The summed E-state index contributed by atoms with van der Waals surface area (Å²) in [7, 11) is 3.54. The summed E-state index contributed by atoms with van der Waals surface area (Å²) in [6, 6.07) is 0.393. The van der Waals surface area contributed by atoms with Crippen molar-refractivity contribution in [2.24, 2.45) is 10.4 Å². The number of terminal acetylenes is 1. The van der Waals surface area contributed by atoms with Crippen molar-refractivity contribution in [1.82, 2.24) is 10.6 Å². The molecule has 1 aliphatic rings. The van der Waals surface area contributed by atoms with Crippen molar-refractivity contribution < 1.29 is 4.74 Å². The van der Waals surface area contributed by atoms with Crippen molar-refractivity contribution in [2.75, 3.05) is 20.7 Å². The van der Waals surface area contributed by atoms with Gasteiger partial charge in [0, 0.05) is 38.6 Å². The van der Waals surface area contributed by atoms with Crippen molar-refractivity contribution in [2.45, 2.75) is 38.8 Å². The van der Waals surface area contributed by atoms with Gasteiger partial charge in [-0.2, -0.15) is 0 Å². The molecule has 0 radical (unpaired) electrons. The second kappa shape index (κ2) is 7.85.